The summed E-state index contributed by atoms with van der Waals surface area (Å²) >= 11 is 6.09. The van der Waals surface area contributed by atoms with E-state index in [1.165, 1.54) is 7.05 Å². The number of guanidine groups is 1. The molecule has 0 radical (unpaired) electrons. The number of nitrogens with zero attached hydrogens (tertiary/aromatic N) is 2. The van der Waals surface area contributed by atoms with E-state index in [2.05, 4.69) is 10.4 Å². The van der Waals surface area contributed by atoms with Gasteiger partial charge in [-0.15, -0.1) is 5.10 Å². The fraction of sp³-hybridized carbons (Fsp3) is 0.348. The van der Waals surface area contributed by atoms with E-state index in [1.807, 2.05) is 48.5 Å². The van der Waals surface area contributed by atoms with Gasteiger partial charge in [0.2, 0.25) is 11.9 Å². The Morgan fingerprint density at radius 3 is 2.44 bits per heavy atom. The number of rotatable bonds is 8. The first kappa shape index (κ1) is 25.2. The molecule has 0 aliphatic heterocycles. The molecule has 2 atom stereocenters. The number of hydrazone groups is 1. The van der Waals surface area contributed by atoms with Crippen LogP contribution in [-0.2, 0) is 20.7 Å². The highest BCUT2D eigenvalue weighted by Gasteiger charge is 2.27. The van der Waals surface area contributed by atoms with Crippen molar-refractivity contribution in [1.82, 2.24) is 10.3 Å². The van der Waals surface area contributed by atoms with Crippen LogP contribution in [-0.4, -0.2) is 36.5 Å². The maximum Gasteiger partial charge on any atom is 0.308 e. The van der Waals surface area contributed by atoms with Crippen LogP contribution in [0, 0.1) is 11.8 Å². The number of hydrogen-bond acceptors (Lipinski definition) is 6. The molecule has 0 saturated carbocycles. The Hall–Kier alpha value is -3.10. The minimum Gasteiger partial charge on any atom is -0.466 e. The molecule has 2 aromatic carbocycles. The summed E-state index contributed by atoms with van der Waals surface area (Å²) in [6, 6.07) is 15.5. The van der Waals surface area contributed by atoms with Gasteiger partial charge in [0.05, 0.1) is 12.5 Å². The Kier molecular flexibility index (Phi) is 9.49. The number of nitrogens with one attached hydrogen (secondary N) is 1. The number of halogens is 1. The minimum atomic E-state index is -0.525. The molecule has 172 valence electrons. The lowest BCUT2D eigenvalue weighted by Gasteiger charge is -2.22. The van der Waals surface area contributed by atoms with Crippen LogP contribution in [0.5, 0.6) is 0 Å². The standard InChI is InChI=1S/C23H30ClN5O3/c1-4-32-22(31)15(2)12-19(21(30)27-23(28-25)29(3)26)13-16-8-10-17(11-9-16)18-6-5-7-20(24)14-18/h5-11,14-15,19H,4,12-13,25-26H2,1-3H3,(H,27,28,30)/t15-,19+/m1/s1. The molecule has 8 nitrogen and oxygen atoms in total. The summed E-state index contributed by atoms with van der Waals surface area (Å²) in [6.07, 6.45) is 0.713. The normalized spacial score (nSPS) is 13.2. The van der Waals surface area contributed by atoms with Gasteiger partial charge in [0.25, 0.3) is 0 Å². The highest BCUT2D eigenvalue weighted by Crippen LogP contribution is 2.25. The molecule has 0 spiro atoms. The Balaban J connectivity index is 2.21. The summed E-state index contributed by atoms with van der Waals surface area (Å²) in [5.41, 5.74) is 2.96. The van der Waals surface area contributed by atoms with Crippen LogP contribution in [0.25, 0.3) is 11.1 Å². The number of hydrazine groups is 1. The van der Waals surface area contributed by atoms with E-state index in [-0.39, 0.29) is 24.4 Å². The molecule has 0 aliphatic carbocycles. The Bertz CT molecular complexity index is 947. The molecule has 9 heteroatoms. The molecule has 0 aromatic heterocycles. The molecule has 2 aromatic rings. The van der Waals surface area contributed by atoms with Gasteiger partial charge in [-0.25, -0.2) is 5.84 Å². The van der Waals surface area contributed by atoms with Crippen LogP contribution in [0.4, 0.5) is 0 Å². The SMILES string of the molecule is CCOC(=O)[C@H](C)C[C@@H](Cc1ccc(-c2cccc(Cl)c2)cc1)C(=O)N/C(=N/N)N(C)N. The van der Waals surface area contributed by atoms with Gasteiger partial charge in [-0.05, 0) is 48.6 Å². The van der Waals surface area contributed by atoms with E-state index in [9.17, 15) is 9.59 Å². The fourth-order valence-corrected chi connectivity index (χ4v) is 3.49. The first-order valence-corrected chi connectivity index (χ1v) is 10.7. The summed E-state index contributed by atoms with van der Waals surface area (Å²) in [4.78, 5) is 25.1. The third-order valence-corrected chi connectivity index (χ3v) is 5.22. The lowest BCUT2D eigenvalue weighted by Crippen LogP contribution is -2.48. The van der Waals surface area contributed by atoms with E-state index in [0.717, 1.165) is 21.7 Å². The lowest BCUT2D eigenvalue weighted by molar-refractivity contribution is -0.148. The molecule has 0 heterocycles. The van der Waals surface area contributed by atoms with E-state index < -0.39 is 11.8 Å². The van der Waals surface area contributed by atoms with E-state index in [0.29, 0.717) is 17.9 Å². The maximum absolute atomic E-state index is 13.0. The largest absolute Gasteiger partial charge is 0.466 e. The smallest absolute Gasteiger partial charge is 0.308 e. The van der Waals surface area contributed by atoms with E-state index in [1.54, 1.807) is 13.8 Å². The molecule has 0 saturated heterocycles. The average Bonchev–Trinajstić information content (AvgIpc) is 2.77. The van der Waals surface area contributed by atoms with E-state index in [4.69, 9.17) is 28.0 Å². The Morgan fingerprint density at radius 2 is 1.88 bits per heavy atom. The molecule has 0 bridgehead atoms. The summed E-state index contributed by atoms with van der Waals surface area (Å²) in [5.74, 6) is 9.33. The second-order valence-corrected chi connectivity index (χ2v) is 7.99. The van der Waals surface area contributed by atoms with Crippen molar-refractivity contribution in [2.45, 2.75) is 26.7 Å². The molecule has 32 heavy (non-hydrogen) atoms. The number of nitrogens with two attached hydrogens (primary N) is 2. The highest BCUT2D eigenvalue weighted by atomic mass is 35.5. The topological polar surface area (TPSA) is 123 Å². The molecule has 5 N–H and O–H groups in total. The summed E-state index contributed by atoms with van der Waals surface area (Å²) in [6.45, 7) is 3.78. The zero-order valence-corrected chi connectivity index (χ0v) is 19.3. The number of hydrogen-bond donors (Lipinski definition) is 3. The summed E-state index contributed by atoms with van der Waals surface area (Å²) in [5, 5.41) is 7.90. The summed E-state index contributed by atoms with van der Waals surface area (Å²) in [7, 11) is 1.51. The molecule has 0 aliphatic rings. The highest BCUT2D eigenvalue weighted by molar-refractivity contribution is 6.30. The number of carbonyl (C=O) groups excluding carboxylic acids is 2. The van der Waals surface area contributed by atoms with Gasteiger partial charge in [-0.2, -0.15) is 0 Å². The third kappa shape index (κ3) is 7.25. The average molecular weight is 460 g/mol. The van der Waals surface area contributed by atoms with Gasteiger partial charge in [0.15, 0.2) is 0 Å². The minimum absolute atomic E-state index is 0.0279. The first-order valence-electron chi connectivity index (χ1n) is 10.3. The Labute approximate surface area is 193 Å². The predicted octanol–water partition coefficient (Wildman–Crippen LogP) is 2.91. The van der Waals surface area contributed by atoms with Crippen molar-refractivity contribution in [1.29, 1.82) is 0 Å². The van der Waals surface area contributed by atoms with Crippen molar-refractivity contribution >= 4 is 29.4 Å². The summed E-state index contributed by atoms with van der Waals surface area (Å²) < 4.78 is 5.10. The molecular weight excluding hydrogens is 430 g/mol. The van der Waals surface area contributed by atoms with Gasteiger partial charge in [-0.1, -0.05) is 54.9 Å². The first-order chi connectivity index (χ1) is 15.2. The predicted molar refractivity (Wildman–Crippen MR) is 126 cm³/mol. The van der Waals surface area contributed by atoms with Gasteiger partial charge >= 0.3 is 5.97 Å². The maximum atomic E-state index is 13.0. The second-order valence-electron chi connectivity index (χ2n) is 7.55. The van der Waals surface area contributed by atoms with Crippen molar-refractivity contribution in [2.75, 3.05) is 13.7 Å². The van der Waals surface area contributed by atoms with Crippen LogP contribution in [0.3, 0.4) is 0 Å². The number of ether oxygens (including phenoxy) is 1. The lowest BCUT2D eigenvalue weighted by atomic mass is 9.89. The number of amides is 1. The fourth-order valence-electron chi connectivity index (χ4n) is 3.30. The quantitative estimate of drug-likeness (QED) is 0.183. The molecule has 1 amide bonds. The van der Waals surface area contributed by atoms with E-state index >= 15 is 0 Å². The number of esters is 1. The van der Waals surface area contributed by atoms with Crippen LogP contribution < -0.4 is 17.0 Å². The van der Waals surface area contributed by atoms with Crippen LogP contribution in [0.15, 0.2) is 53.6 Å². The molecule has 2 rings (SSSR count). The number of carbonyl (C=O) groups is 2. The van der Waals surface area contributed by atoms with Crippen molar-refractivity contribution in [3.05, 3.63) is 59.1 Å². The van der Waals surface area contributed by atoms with Gasteiger partial charge < -0.3 is 10.6 Å². The van der Waals surface area contributed by atoms with Crippen molar-refractivity contribution in [2.24, 2.45) is 28.6 Å². The molecular formula is C23H30ClN5O3. The van der Waals surface area contributed by atoms with Gasteiger partial charge in [-0.3, -0.25) is 19.9 Å². The Morgan fingerprint density at radius 1 is 1.19 bits per heavy atom. The molecule has 0 fully saturated rings. The van der Waals surface area contributed by atoms with Crippen LogP contribution in [0.1, 0.15) is 25.8 Å². The van der Waals surface area contributed by atoms with Crippen LogP contribution >= 0.6 is 11.6 Å². The van der Waals surface area contributed by atoms with Crippen LogP contribution in [0.2, 0.25) is 5.02 Å². The monoisotopic (exact) mass is 459 g/mol. The second kappa shape index (κ2) is 12.1. The van der Waals surface area contributed by atoms with Crippen molar-refractivity contribution < 1.29 is 14.3 Å². The zero-order chi connectivity index (χ0) is 23.7. The molecule has 0 unspecified atom stereocenters. The van der Waals surface area contributed by atoms with Gasteiger partial charge in [0.1, 0.15) is 0 Å². The third-order valence-electron chi connectivity index (χ3n) is 4.98. The van der Waals surface area contributed by atoms with Crippen molar-refractivity contribution in [3.63, 3.8) is 0 Å². The van der Waals surface area contributed by atoms with Crippen molar-refractivity contribution in [3.8, 4) is 11.1 Å². The number of benzene rings is 2. The van der Waals surface area contributed by atoms with Gasteiger partial charge in [0, 0.05) is 18.0 Å². The zero-order valence-electron chi connectivity index (χ0n) is 18.5.